The summed E-state index contributed by atoms with van der Waals surface area (Å²) < 4.78 is 2.11. The molecule has 36 heavy (non-hydrogen) atoms. The lowest BCUT2D eigenvalue weighted by atomic mass is 9.86. The first-order valence-corrected chi connectivity index (χ1v) is 12.8. The van der Waals surface area contributed by atoms with E-state index in [9.17, 15) is 4.79 Å². The van der Waals surface area contributed by atoms with E-state index in [0.717, 1.165) is 48.3 Å². The van der Waals surface area contributed by atoms with Crippen molar-refractivity contribution in [2.75, 3.05) is 18.4 Å². The van der Waals surface area contributed by atoms with E-state index in [1.807, 2.05) is 36.7 Å². The third-order valence-electron chi connectivity index (χ3n) is 7.42. The maximum atomic E-state index is 12.4. The van der Waals surface area contributed by atoms with Crippen LogP contribution in [0.1, 0.15) is 48.8 Å². The number of amides is 1. The van der Waals surface area contributed by atoms with Gasteiger partial charge in [0.1, 0.15) is 6.33 Å². The summed E-state index contributed by atoms with van der Waals surface area (Å²) in [7, 11) is 0. The summed E-state index contributed by atoms with van der Waals surface area (Å²) in [6.45, 7) is 2.18. The molecule has 2 aromatic heterocycles. The van der Waals surface area contributed by atoms with Crippen molar-refractivity contribution in [3.63, 3.8) is 0 Å². The van der Waals surface area contributed by atoms with Crippen molar-refractivity contribution in [3.8, 4) is 0 Å². The predicted octanol–water partition coefficient (Wildman–Crippen LogP) is 4.10. The molecule has 184 valence electrons. The summed E-state index contributed by atoms with van der Waals surface area (Å²) in [6.07, 6.45) is 7.97. The maximum absolute atomic E-state index is 12.4. The molecule has 3 N–H and O–H groups in total. The minimum Gasteiger partial charge on any atom is -0.353 e. The van der Waals surface area contributed by atoms with Gasteiger partial charge < -0.3 is 20.5 Å². The summed E-state index contributed by atoms with van der Waals surface area (Å²) in [4.78, 5) is 26.0. The number of carbonyl (C=O) groups is 1. The van der Waals surface area contributed by atoms with Crippen molar-refractivity contribution in [3.05, 3.63) is 78.4 Å². The van der Waals surface area contributed by atoms with Crippen LogP contribution >= 0.6 is 0 Å². The van der Waals surface area contributed by atoms with Crippen LogP contribution in [0, 0.1) is 0 Å². The molecule has 0 spiro atoms. The number of carbonyl (C=O) groups excluding carboxylic acids is 1. The zero-order valence-electron chi connectivity index (χ0n) is 20.2. The average Bonchev–Trinajstić information content (AvgIpc) is 3.32. The van der Waals surface area contributed by atoms with E-state index < -0.39 is 0 Å². The van der Waals surface area contributed by atoms with Crippen molar-refractivity contribution in [1.82, 2.24) is 30.2 Å². The van der Waals surface area contributed by atoms with Gasteiger partial charge in [0.15, 0.2) is 17.0 Å². The number of rotatable bonds is 7. The number of imidazole rings is 1. The Morgan fingerprint density at radius 3 is 2.53 bits per heavy atom. The second-order valence-corrected chi connectivity index (χ2v) is 9.87. The number of fused-ring (bicyclic) bond motifs is 1. The molecule has 0 unspecified atom stereocenters. The second-order valence-electron chi connectivity index (χ2n) is 9.87. The van der Waals surface area contributed by atoms with Gasteiger partial charge in [0.05, 0.1) is 12.7 Å². The minimum absolute atomic E-state index is 0.0696. The molecule has 1 aliphatic carbocycles. The summed E-state index contributed by atoms with van der Waals surface area (Å²) >= 11 is 0. The van der Waals surface area contributed by atoms with Crippen molar-refractivity contribution < 1.29 is 4.79 Å². The normalized spacial score (nSPS) is 20.1. The molecular weight excluding hydrogens is 450 g/mol. The van der Waals surface area contributed by atoms with Gasteiger partial charge in [-0.25, -0.2) is 15.0 Å². The van der Waals surface area contributed by atoms with Crippen molar-refractivity contribution in [2.45, 2.75) is 50.1 Å². The Labute approximate surface area is 210 Å². The van der Waals surface area contributed by atoms with Crippen LogP contribution in [0.2, 0.25) is 0 Å². The van der Waals surface area contributed by atoms with Gasteiger partial charge in [-0.3, -0.25) is 4.79 Å². The lowest BCUT2D eigenvalue weighted by Gasteiger charge is -2.36. The molecule has 3 heterocycles. The monoisotopic (exact) mass is 481 g/mol. The Morgan fingerprint density at radius 1 is 0.972 bits per heavy atom. The molecule has 8 nitrogen and oxygen atoms in total. The molecule has 0 atom stereocenters. The quantitative estimate of drug-likeness (QED) is 0.368. The molecule has 1 saturated heterocycles. The zero-order valence-corrected chi connectivity index (χ0v) is 20.2. The van der Waals surface area contributed by atoms with E-state index in [1.165, 1.54) is 18.4 Å². The molecule has 1 aliphatic heterocycles. The lowest BCUT2D eigenvalue weighted by molar-refractivity contribution is -0.121. The number of benzene rings is 2. The highest BCUT2D eigenvalue weighted by Gasteiger charge is 2.33. The first kappa shape index (κ1) is 22.7. The molecule has 1 amide bonds. The van der Waals surface area contributed by atoms with Gasteiger partial charge in [0.25, 0.3) is 0 Å². The number of piperidine rings is 1. The van der Waals surface area contributed by atoms with E-state index >= 15 is 0 Å². The van der Waals surface area contributed by atoms with Crippen LogP contribution in [0.4, 0.5) is 11.5 Å². The van der Waals surface area contributed by atoms with Crippen molar-refractivity contribution in [2.24, 2.45) is 0 Å². The van der Waals surface area contributed by atoms with Crippen LogP contribution in [-0.4, -0.2) is 44.6 Å². The van der Waals surface area contributed by atoms with E-state index in [0.29, 0.717) is 18.2 Å². The molecule has 0 bridgehead atoms. The van der Waals surface area contributed by atoms with Crippen molar-refractivity contribution >= 4 is 28.6 Å². The fourth-order valence-electron chi connectivity index (χ4n) is 5.33. The van der Waals surface area contributed by atoms with E-state index in [4.69, 9.17) is 0 Å². The first-order valence-electron chi connectivity index (χ1n) is 12.8. The summed E-state index contributed by atoms with van der Waals surface area (Å²) in [5.74, 6) is 1.41. The number of nitrogens with zero attached hydrogens (tertiary/aromatic N) is 4. The predicted molar refractivity (Wildman–Crippen MR) is 140 cm³/mol. The molecule has 2 fully saturated rings. The third kappa shape index (κ3) is 4.81. The fourth-order valence-corrected chi connectivity index (χ4v) is 5.33. The fraction of sp³-hybridized carbons (Fsp3) is 0.357. The Kier molecular flexibility index (Phi) is 6.34. The largest absolute Gasteiger partial charge is 0.353 e. The van der Waals surface area contributed by atoms with Crippen LogP contribution in [0.25, 0.3) is 11.2 Å². The molecule has 2 aliphatic rings. The zero-order chi connectivity index (χ0) is 24.3. The van der Waals surface area contributed by atoms with Gasteiger partial charge in [-0.15, -0.1) is 0 Å². The number of nitrogens with one attached hydrogen (secondary N) is 3. The Morgan fingerprint density at radius 2 is 1.75 bits per heavy atom. The minimum atomic E-state index is 0.0696. The standard InChI is InChI=1S/C28H31N7O/c36-25(14-19-4-2-1-3-5-19)33-23-15-24(16-23)35-18-32-26-27(30-17-31-28(26)35)34-22-8-6-20(7-9-22)21-10-12-29-13-11-21/h1-9,17-18,21,23-24,29H,10-16H2,(H,33,36)(H,30,31,34). The highest BCUT2D eigenvalue weighted by Crippen LogP contribution is 2.35. The van der Waals surface area contributed by atoms with Gasteiger partial charge in [0.2, 0.25) is 5.91 Å². The van der Waals surface area contributed by atoms with Crippen LogP contribution in [0.15, 0.2) is 67.3 Å². The molecule has 2 aromatic carbocycles. The maximum Gasteiger partial charge on any atom is 0.224 e. The lowest BCUT2D eigenvalue weighted by Crippen LogP contribution is -2.45. The van der Waals surface area contributed by atoms with Crippen LogP contribution in [0.5, 0.6) is 0 Å². The molecule has 0 radical (unpaired) electrons. The first-order chi connectivity index (χ1) is 17.7. The van der Waals surface area contributed by atoms with E-state index in [2.05, 4.69) is 59.7 Å². The summed E-state index contributed by atoms with van der Waals surface area (Å²) in [5.41, 5.74) is 5.00. The van der Waals surface area contributed by atoms with Crippen LogP contribution in [-0.2, 0) is 11.2 Å². The summed E-state index contributed by atoms with van der Waals surface area (Å²) in [6, 6.07) is 19.0. The van der Waals surface area contributed by atoms with Gasteiger partial charge in [-0.1, -0.05) is 42.5 Å². The average molecular weight is 482 g/mol. The van der Waals surface area contributed by atoms with E-state index in [1.54, 1.807) is 6.33 Å². The number of aromatic nitrogens is 4. The Balaban J connectivity index is 1.08. The summed E-state index contributed by atoms with van der Waals surface area (Å²) in [5, 5.41) is 10.0. The van der Waals surface area contributed by atoms with Gasteiger partial charge in [-0.2, -0.15) is 0 Å². The van der Waals surface area contributed by atoms with Gasteiger partial charge in [0, 0.05) is 17.8 Å². The highest BCUT2D eigenvalue weighted by atomic mass is 16.1. The smallest absolute Gasteiger partial charge is 0.224 e. The Hall–Kier alpha value is -3.78. The third-order valence-corrected chi connectivity index (χ3v) is 7.42. The van der Waals surface area contributed by atoms with E-state index in [-0.39, 0.29) is 18.0 Å². The molecule has 8 heteroatoms. The topological polar surface area (TPSA) is 96.8 Å². The number of hydrogen-bond donors (Lipinski definition) is 3. The second kappa shape index (κ2) is 10.1. The molecule has 4 aromatic rings. The Bertz CT molecular complexity index is 1320. The number of hydrogen-bond acceptors (Lipinski definition) is 6. The number of anilines is 2. The van der Waals surface area contributed by atoms with Crippen LogP contribution in [0.3, 0.4) is 0 Å². The van der Waals surface area contributed by atoms with Crippen LogP contribution < -0.4 is 16.0 Å². The van der Waals surface area contributed by atoms with Crippen molar-refractivity contribution in [1.29, 1.82) is 0 Å². The van der Waals surface area contributed by atoms with Gasteiger partial charge >= 0.3 is 0 Å². The SMILES string of the molecule is O=C(Cc1ccccc1)NC1CC(n2cnc3c(Nc4ccc(C5CCNCC5)cc4)ncnc32)C1. The molecular formula is C28H31N7O. The highest BCUT2D eigenvalue weighted by molar-refractivity contribution is 5.85. The molecule has 1 saturated carbocycles. The molecule has 6 rings (SSSR count). The van der Waals surface area contributed by atoms with Gasteiger partial charge in [-0.05, 0) is 68.0 Å².